The lowest BCUT2D eigenvalue weighted by Gasteiger charge is -2.09. The number of thiophene rings is 2. The third-order valence-electron chi connectivity index (χ3n) is 5.29. The van der Waals surface area contributed by atoms with Crippen molar-refractivity contribution in [2.45, 2.75) is 26.7 Å². The maximum Gasteiger partial charge on any atom is 0.341 e. The van der Waals surface area contributed by atoms with Gasteiger partial charge in [-0.1, -0.05) is 31.5 Å². The first-order chi connectivity index (χ1) is 16.4. The summed E-state index contributed by atoms with van der Waals surface area (Å²) in [5, 5.41) is 17.1. The number of nitro groups is 1. The standard InChI is InChI=1S/C25H22N2O5S2/c1-3-7-18-17-8-5-6-9-20(17)34-22(18)23(28)26-24-21(25(29)32-4-2)19(14-33-24)15-10-12-16(13-11-15)27(30)31/h5-6,8-14H,3-4,7H2,1-2H3,(H,26,28). The van der Waals surface area contributed by atoms with Crippen LogP contribution in [-0.2, 0) is 11.2 Å². The van der Waals surface area contributed by atoms with Gasteiger partial charge in [-0.3, -0.25) is 14.9 Å². The molecule has 4 aromatic rings. The van der Waals surface area contributed by atoms with Gasteiger partial charge in [0.2, 0.25) is 0 Å². The van der Waals surface area contributed by atoms with Crippen LogP contribution in [0, 0.1) is 10.1 Å². The van der Waals surface area contributed by atoms with Crippen molar-refractivity contribution < 1.29 is 19.2 Å². The Morgan fingerprint density at radius 3 is 2.50 bits per heavy atom. The van der Waals surface area contributed by atoms with E-state index in [2.05, 4.69) is 12.2 Å². The maximum atomic E-state index is 13.4. The van der Waals surface area contributed by atoms with Gasteiger partial charge in [-0.2, -0.15) is 0 Å². The molecule has 4 rings (SSSR count). The van der Waals surface area contributed by atoms with E-state index in [-0.39, 0.29) is 23.8 Å². The first-order valence-corrected chi connectivity index (χ1v) is 12.5. The minimum absolute atomic E-state index is 0.0431. The fourth-order valence-corrected chi connectivity index (χ4v) is 5.87. The van der Waals surface area contributed by atoms with Gasteiger partial charge in [0.25, 0.3) is 11.6 Å². The van der Waals surface area contributed by atoms with Crippen molar-refractivity contribution in [2.24, 2.45) is 0 Å². The number of hydrogen-bond donors (Lipinski definition) is 1. The Morgan fingerprint density at radius 2 is 1.82 bits per heavy atom. The number of nitro benzene ring substituents is 1. The number of aryl methyl sites for hydroxylation is 1. The van der Waals surface area contributed by atoms with Crippen LogP contribution in [-0.4, -0.2) is 23.4 Å². The number of fused-ring (bicyclic) bond motifs is 1. The zero-order valence-corrected chi connectivity index (χ0v) is 20.3. The van der Waals surface area contributed by atoms with Crippen molar-refractivity contribution in [3.63, 3.8) is 0 Å². The molecular weight excluding hydrogens is 472 g/mol. The van der Waals surface area contributed by atoms with Crippen LogP contribution in [0.3, 0.4) is 0 Å². The second kappa shape index (κ2) is 10.1. The predicted octanol–water partition coefficient (Wildman–Crippen LogP) is 6.92. The number of esters is 1. The number of nitrogens with one attached hydrogen (secondary N) is 1. The summed E-state index contributed by atoms with van der Waals surface area (Å²) in [4.78, 5) is 37.4. The molecule has 0 unspecified atom stereocenters. The minimum Gasteiger partial charge on any atom is -0.462 e. The number of non-ortho nitro benzene ring substituents is 1. The summed E-state index contributed by atoms with van der Waals surface area (Å²) in [6, 6.07) is 13.9. The van der Waals surface area contributed by atoms with E-state index in [1.807, 2.05) is 24.3 Å². The van der Waals surface area contributed by atoms with Crippen LogP contribution < -0.4 is 5.32 Å². The fourth-order valence-electron chi connectivity index (χ4n) is 3.77. The second-order valence-electron chi connectivity index (χ2n) is 7.49. The van der Waals surface area contributed by atoms with E-state index >= 15 is 0 Å². The van der Waals surface area contributed by atoms with E-state index in [9.17, 15) is 19.7 Å². The zero-order chi connectivity index (χ0) is 24.2. The Kier molecular flexibility index (Phi) is 7.04. The number of anilines is 1. The van der Waals surface area contributed by atoms with Gasteiger partial charge in [0.1, 0.15) is 10.6 Å². The molecule has 0 spiro atoms. The Labute approximate surface area is 204 Å². The number of amides is 1. The highest BCUT2D eigenvalue weighted by atomic mass is 32.1. The van der Waals surface area contributed by atoms with Crippen LogP contribution in [0.15, 0.2) is 53.9 Å². The third-order valence-corrected chi connectivity index (χ3v) is 7.40. The molecule has 0 saturated carbocycles. The molecule has 2 aromatic carbocycles. The molecule has 9 heteroatoms. The van der Waals surface area contributed by atoms with Crippen LogP contribution in [0.2, 0.25) is 0 Å². The predicted molar refractivity (Wildman–Crippen MR) is 136 cm³/mol. The molecule has 0 fully saturated rings. The summed E-state index contributed by atoms with van der Waals surface area (Å²) < 4.78 is 6.30. The van der Waals surface area contributed by atoms with Gasteiger partial charge in [-0.05, 0) is 48.1 Å². The number of ether oxygens (including phenoxy) is 1. The molecule has 0 saturated heterocycles. The van der Waals surface area contributed by atoms with Gasteiger partial charge in [0.15, 0.2) is 0 Å². The van der Waals surface area contributed by atoms with Crippen molar-refractivity contribution >= 4 is 55.3 Å². The third kappa shape index (κ3) is 4.57. The quantitative estimate of drug-likeness (QED) is 0.163. The van der Waals surface area contributed by atoms with E-state index in [1.54, 1.807) is 24.4 Å². The molecule has 0 bridgehead atoms. The lowest BCUT2D eigenvalue weighted by Crippen LogP contribution is -2.15. The number of carbonyl (C=O) groups excluding carboxylic acids is 2. The Balaban J connectivity index is 1.73. The fraction of sp³-hybridized carbons (Fsp3) is 0.200. The lowest BCUT2D eigenvalue weighted by molar-refractivity contribution is -0.384. The van der Waals surface area contributed by atoms with Crippen LogP contribution in [0.1, 0.15) is 45.9 Å². The van der Waals surface area contributed by atoms with E-state index in [1.165, 1.54) is 34.8 Å². The van der Waals surface area contributed by atoms with Crippen molar-refractivity contribution in [3.05, 3.63) is 80.0 Å². The Hall–Kier alpha value is -3.56. The van der Waals surface area contributed by atoms with Crippen LogP contribution >= 0.6 is 22.7 Å². The molecule has 0 aliphatic rings. The molecule has 1 amide bonds. The smallest absolute Gasteiger partial charge is 0.341 e. The number of carbonyl (C=O) groups is 2. The van der Waals surface area contributed by atoms with Crippen LogP contribution in [0.4, 0.5) is 10.7 Å². The Morgan fingerprint density at radius 1 is 1.09 bits per heavy atom. The van der Waals surface area contributed by atoms with Gasteiger partial charge in [0, 0.05) is 27.8 Å². The summed E-state index contributed by atoms with van der Waals surface area (Å²) >= 11 is 2.66. The van der Waals surface area contributed by atoms with Crippen molar-refractivity contribution in [2.75, 3.05) is 11.9 Å². The average Bonchev–Trinajstić information content (AvgIpc) is 3.41. The van der Waals surface area contributed by atoms with E-state index in [0.29, 0.717) is 21.0 Å². The number of hydrogen-bond acceptors (Lipinski definition) is 7. The number of rotatable bonds is 8. The van der Waals surface area contributed by atoms with Crippen LogP contribution in [0.5, 0.6) is 0 Å². The topological polar surface area (TPSA) is 98.5 Å². The van der Waals surface area contributed by atoms with Gasteiger partial charge in [-0.15, -0.1) is 22.7 Å². The van der Waals surface area contributed by atoms with Crippen molar-refractivity contribution in [1.29, 1.82) is 0 Å². The molecule has 1 N–H and O–H groups in total. The Bertz CT molecular complexity index is 1370. The van der Waals surface area contributed by atoms with Gasteiger partial charge >= 0.3 is 5.97 Å². The molecule has 0 aliphatic heterocycles. The largest absolute Gasteiger partial charge is 0.462 e. The summed E-state index contributed by atoms with van der Waals surface area (Å²) in [6.45, 7) is 3.96. The molecule has 7 nitrogen and oxygen atoms in total. The molecule has 2 aromatic heterocycles. The van der Waals surface area contributed by atoms with Crippen molar-refractivity contribution in [3.8, 4) is 11.1 Å². The summed E-state index contributed by atoms with van der Waals surface area (Å²) in [5.41, 5.74) is 2.38. The molecule has 174 valence electrons. The minimum atomic E-state index is -0.558. The van der Waals surface area contributed by atoms with Crippen LogP contribution in [0.25, 0.3) is 21.2 Å². The zero-order valence-electron chi connectivity index (χ0n) is 18.6. The number of nitrogens with zero attached hydrogens (tertiary/aromatic N) is 1. The van der Waals surface area contributed by atoms with Gasteiger partial charge in [-0.25, -0.2) is 4.79 Å². The lowest BCUT2D eigenvalue weighted by atomic mass is 10.0. The summed E-state index contributed by atoms with van der Waals surface area (Å²) in [5.74, 6) is -0.829. The summed E-state index contributed by atoms with van der Waals surface area (Å²) in [6.07, 6.45) is 1.67. The second-order valence-corrected chi connectivity index (χ2v) is 9.42. The molecular formula is C25H22N2O5S2. The summed E-state index contributed by atoms with van der Waals surface area (Å²) in [7, 11) is 0. The molecule has 0 radical (unpaired) electrons. The SMILES string of the molecule is CCCc1c(C(=O)Nc2scc(-c3ccc([N+](=O)[O-])cc3)c2C(=O)OCC)sc2ccccc12. The van der Waals surface area contributed by atoms with E-state index < -0.39 is 10.9 Å². The van der Waals surface area contributed by atoms with E-state index in [0.717, 1.165) is 28.5 Å². The average molecular weight is 495 g/mol. The first-order valence-electron chi connectivity index (χ1n) is 10.8. The highest BCUT2D eigenvalue weighted by Gasteiger charge is 2.25. The highest BCUT2D eigenvalue weighted by Crippen LogP contribution is 2.38. The molecule has 2 heterocycles. The van der Waals surface area contributed by atoms with Crippen molar-refractivity contribution in [1.82, 2.24) is 0 Å². The molecule has 34 heavy (non-hydrogen) atoms. The van der Waals surface area contributed by atoms with Gasteiger partial charge in [0.05, 0.1) is 16.4 Å². The maximum absolute atomic E-state index is 13.4. The number of benzene rings is 2. The van der Waals surface area contributed by atoms with Gasteiger partial charge < -0.3 is 10.1 Å². The normalized spacial score (nSPS) is 10.9. The first kappa shape index (κ1) is 23.6. The molecule has 0 aliphatic carbocycles. The molecule has 0 atom stereocenters. The van der Waals surface area contributed by atoms with E-state index in [4.69, 9.17) is 4.74 Å². The highest BCUT2D eigenvalue weighted by molar-refractivity contribution is 7.21. The monoisotopic (exact) mass is 494 g/mol.